The number of carbonyl (C=O) groups excluding carboxylic acids is 1. The van der Waals surface area contributed by atoms with Crippen LogP contribution in [0, 0.1) is 0 Å². The molecule has 20 heavy (non-hydrogen) atoms. The lowest BCUT2D eigenvalue weighted by molar-refractivity contribution is -0.141. The Kier molecular flexibility index (Phi) is 4.53. The van der Waals surface area contributed by atoms with Gasteiger partial charge in [-0.15, -0.1) is 11.8 Å². The third kappa shape index (κ3) is 2.90. The molecule has 8 heteroatoms. The molecular formula is C12H18N4O3S. The highest BCUT2D eigenvalue weighted by atomic mass is 32.2. The zero-order valence-corrected chi connectivity index (χ0v) is 12.2. The zero-order valence-electron chi connectivity index (χ0n) is 11.4. The summed E-state index contributed by atoms with van der Waals surface area (Å²) in [7, 11) is 0. The van der Waals surface area contributed by atoms with Gasteiger partial charge in [0.2, 0.25) is 0 Å². The predicted molar refractivity (Wildman–Crippen MR) is 75.3 cm³/mol. The highest BCUT2D eigenvalue weighted by molar-refractivity contribution is 8.00. The number of carboxylic acids is 1. The Hall–Kier alpha value is -1.70. The molecule has 0 bridgehead atoms. The molecule has 0 aliphatic carbocycles. The van der Waals surface area contributed by atoms with Crippen molar-refractivity contribution < 1.29 is 14.7 Å². The van der Waals surface area contributed by atoms with Crippen molar-refractivity contribution in [3.63, 3.8) is 0 Å². The molecule has 0 radical (unpaired) electrons. The predicted octanol–water partition coefficient (Wildman–Crippen LogP) is 1.42. The lowest BCUT2D eigenvalue weighted by Gasteiger charge is -2.28. The van der Waals surface area contributed by atoms with E-state index >= 15 is 0 Å². The molecule has 1 saturated heterocycles. The van der Waals surface area contributed by atoms with Gasteiger partial charge in [-0.1, -0.05) is 6.92 Å². The van der Waals surface area contributed by atoms with Crippen LogP contribution in [0.2, 0.25) is 0 Å². The smallest absolute Gasteiger partial charge is 0.327 e. The van der Waals surface area contributed by atoms with Crippen LogP contribution in [0.4, 0.5) is 4.79 Å². The number of hydrogen-bond acceptors (Lipinski definition) is 4. The second kappa shape index (κ2) is 6.17. The SMILES string of the molecule is CCC1SCC(C(=O)O)N1C(=O)NC(C)c1cn[nH]c1. The van der Waals surface area contributed by atoms with Crippen LogP contribution < -0.4 is 5.32 Å². The molecule has 3 unspecified atom stereocenters. The average molecular weight is 298 g/mol. The van der Waals surface area contributed by atoms with Gasteiger partial charge < -0.3 is 10.4 Å². The number of rotatable bonds is 4. The lowest BCUT2D eigenvalue weighted by atomic mass is 10.2. The van der Waals surface area contributed by atoms with Gasteiger partial charge in [-0.05, 0) is 13.3 Å². The van der Waals surface area contributed by atoms with Crippen LogP contribution in [-0.2, 0) is 4.79 Å². The van der Waals surface area contributed by atoms with Crippen molar-refractivity contribution in [3.05, 3.63) is 18.0 Å². The number of carboxylic acid groups (broad SMARTS) is 1. The van der Waals surface area contributed by atoms with E-state index in [4.69, 9.17) is 0 Å². The van der Waals surface area contributed by atoms with E-state index in [2.05, 4.69) is 15.5 Å². The van der Waals surface area contributed by atoms with E-state index in [1.54, 1.807) is 12.4 Å². The van der Waals surface area contributed by atoms with Crippen molar-refractivity contribution in [3.8, 4) is 0 Å². The molecule has 0 saturated carbocycles. The van der Waals surface area contributed by atoms with Gasteiger partial charge in [-0.2, -0.15) is 5.10 Å². The number of aromatic amines is 1. The number of urea groups is 1. The van der Waals surface area contributed by atoms with Gasteiger partial charge in [-0.3, -0.25) is 10.00 Å². The molecule has 0 aromatic carbocycles. The van der Waals surface area contributed by atoms with Crippen molar-refractivity contribution in [2.75, 3.05) is 5.75 Å². The highest BCUT2D eigenvalue weighted by Gasteiger charge is 2.41. The number of nitrogens with one attached hydrogen (secondary N) is 2. The number of aliphatic carboxylic acids is 1. The summed E-state index contributed by atoms with van der Waals surface area (Å²) in [6, 6.07) is -1.33. The highest BCUT2D eigenvalue weighted by Crippen LogP contribution is 2.31. The van der Waals surface area contributed by atoms with Crippen LogP contribution in [-0.4, -0.2) is 49.4 Å². The maximum Gasteiger partial charge on any atom is 0.327 e. The normalized spacial score (nSPS) is 23.6. The number of carbonyl (C=O) groups is 2. The standard InChI is InChI=1S/C12H18N4O3S/c1-3-10-16(9(6-20-10)11(17)18)12(19)15-7(2)8-4-13-14-5-8/h4-5,7,9-10H,3,6H2,1-2H3,(H,13,14)(H,15,19)(H,17,18). The number of hydrogen-bond donors (Lipinski definition) is 3. The molecule has 3 atom stereocenters. The minimum absolute atomic E-state index is 0.0901. The minimum Gasteiger partial charge on any atom is -0.480 e. The molecule has 2 rings (SSSR count). The average Bonchev–Trinajstić information content (AvgIpc) is 3.07. The lowest BCUT2D eigenvalue weighted by Crippen LogP contribution is -2.50. The Balaban J connectivity index is 2.07. The molecule has 1 aromatic heterocycles. The molecule has 110 valence electrons. The first-order chi connectivity index (χ1) is 9.54. The fraction of sp³-hybridized carbons (Fsp3) is 0.583. The summed E-state index contributed by atoms with van der Waals surface area (Å²) in [5.74, 6) is -0.527. The summed E-state index contributed by atoms with van der Waals surface area (Å²) in [4.78, 5) is 25.0. The van der Waals surface area contributed by atoms with Crippen molar-refractivity contribution in [2.45, 2.75) is 37.7 Å². The van der Waals surface area contributed by atoms with Crippen LogP contribution >= 0.6 is 11.8 Å². The summed E-state index contributed by atoms with van der Waals surface area (Å²) >= 11 is 1.51. The summed E-state index contributed by atoms with van der Waals surface area (Å²) in [6.45, 7) is 3.78. The Morgan fingerprint density at radius 3 is 3.00 bits per heavy atom. The fourth-order valence-electron chi connectivity index (χ4n) is 2.18. The third-order valence-electron chi connectivity index (χ3n) is 3.32. The molecule has 2 heterocycles. The molecule has 2 amide bonds. The van der Waals surface area contributed by atoms with Crippen LogP contribution in [0.25, 0.3) is 0 Å². The largest absolute Gasteiger partial charge is 0.480 e. The van der Waals surface area contributed by atoms with Crippen LogP contribution in [0.1, 0.15) is 31.9 Å². The second-order valence-electron chi connectivity index (χ2n) is 4.66. The van der Waals surface area contributed by atoms with Crippen LogP contribution in [0.5, 0.6) is 0 Å². The molecular weight excluding hydrogens is 280 g/mol. The topological polar surface area (TPSA) is 98.3 Å². The van der Waals surface area contributed by atoms with Crippen molar-refractivity contribution in [2.24, 2.45) is 0 Å². The molecule has 1 aliphatic rings. The Morgan fingerprint density at radius 2 is 2.45 bits per heavy atom. The van der Waals surface area contributed by atoms with Gasteiger partial charge in [0, 0.05) is 17.5 Å². The van der Waals surface area contributed by atoms with E-state index in [1.165, 1.54) is 16.7 Å². The summed E-state index contributed by atoms with van der Waals surface area (Å²) in [6.07, 6.45) is 4.06. The van der Waals surface area contributed by atoms with Gasteiger partial charge >= 0.3 is 12.0 Å². The van der Waals surface area contributed by atoms with Crippen molar-refractivity contribution >= 4 is 23.8 Å². The first kappa shape index (κ1) is 14.7. The van der Waals surface area contributed by atoms with Crippen molar-refractivity contribution in [1.29, 1.82) is 0 Å². The van der Waals surface area contributed by atoms with E-state index < -0.39 is 12.0 Å². The number of thioether (sulfide) groups is 1. The van der Waals surface area contributed by atoms with Gasteiger partial charge in [0.05, 0.1) is 17.6 Å². The monoisotopic (exact) mass is 298 g/mol. The number of amides is 2. The first-order valence-corrected chi connectivity index (χ1v) is 7.51. The third-order valence-corrected chi connectivity index (χ3v) is 4.77. The molecule has 1 aromatic rings. The molecule has 3 N–H and O–H groups in total. The van der Waals surface area contributed by atoms with Gasteiger partial charge in [0.15, 0.2) is 0 Å². The summed E-state index contributed by atoms with van der Waals surface area (Å²) < 4.78 is 0. The second-order valence-corrected chi connectivity index (χ2v) is 5.87. The Bertz CT molecular complexity index is 479. The maximum absolute atomic E-state index is 12.3. The van der Waals surface area contributed by atoms with E-state index in [0.717, 1.165) is 12.0 Å². The fourth-order valence-corrected chi connectivity index (χ4v) is 3.53. The summed E-state index contributed by atoms with van der Waals surface area (Å²) in [5, 5.41) is 18.5. The quantitative estimate of drug-likeness (QED) is 0.781. The van der Waals surface area contributed by atoms with E-state index in [-0.39, 0.29) is 17.4 Å². The van der Waals surface area contributed by atoms with Crippen molar-refractivity contribution in [1.82, 2.24) is 20.4 Å². The number of aromatic nitrogens is 2. The van der Waals surface area contributed by atoms with E-state index in [9.17, 15) is 14.7 Å². The Morgan fingerprint density at radius 1 is 1.70 bits per heavy atom. The molecule has 0 spiro atoms. The minimum atomic E-state index is -0.959. The van der Waals surface area contributed by atoms with Gasteiger partial charge in [0.1, 0.15) is 6.04 Å². The molecule has 1 fully saturated rings. The molecule has 7 nitrogen and oxygen atoms in total. The summed E-state index contributed by atoms with van der Waals surface area (Å²) in [5.41, 5.74) is 0.852. The van der Waals surface area contributed by atoms with E-state index in [0.29, 0.717) is 5.75 Å². The number of nitrogens with zero attached hydrogens (tertiary/aromatic N) is 2. The maximum atomic E-state index is 12.3. The van der Waals surface area contributed by atoms with Gasteiger partial charge in [-0.25, -0.2) is 9.59 Å². The first-order valence-electron chi connectivity index (χ1n) is 6.46. The van der Waals surface area contributed by atoms with Crippen LogP contribution in [0.3, 0.4) is 0 Å². The zero-order chi connectivity index (χ0) is 14.7. The number of H-pyrrole nitrogens is 1. The molecule has 1 aliphatic heterocycles. The van der Waals surface area contributed by atoms with E-state index in [1.807, 2.05) is 13.8 Å². The Labute approximate surface area is 121 Å². The van der Waals surface area contributed by atoms with Crippen LogP contribution in [0.15, 0.2) is 12.4 Å². The van der Waals surface area contributed by atoms with Gasteiger partial charge in [0.25, 0.3) is 0 Å².